The molecule has 22 heavy (non-hydrogen) atoms. The van der Waals surface area contributed by atoms with E-state index in [1.165, 1.54) is 18.6 Å². The van der Waals surface area contributed by atoms with Crippen molar-refractivity contribution in [1.82, 2.24) is 20.2 Å². The van der Waals surface area contributed by atoms with Gasteiger partial charge in [-0.1, -0.05) is 20.8 Å². The molecule has 0 aromatic carbocycles. The van der Waals surface area contributed by atoms with Crippen molar-refractivity contribution in [2.45, 2.75) is 46.1 Å². The Bertz CT molecular complexity index is 517. The molecule has 2 rings (SSSR count). The van der Waals surface area contributed by atoms with Crippen LogP contribution in [0, 0.1) is 5.41 Å². The monoisotopic (exact) mass is 304 g/mol. The first-order chi connectivity index (χ1) is 10.3. The quantitative estimate of drug-likeness (QED) is 0.921. The number of hydrogen-bond acceptors (Lipinski definition) is 4. The fraction of sp³-hybridized carbons (Fsp3) is 0.625. The third-order valence-electron chi connectivity index (χ3n) is 3.66. The van der Waals surface area contributed by atoms with Gasteiger partial charge in [0.05, 0.1) is 6.20 Å². The maximum atomic E-state index is 12.2. The molecule has 6 heteroatoms. The van der Waals surface area contributed by atoms with Gasteiger partial charge in [0.1, 0.15) is 5.69 Å². The molecule has 1 aliphatic rings. The molecule has 0 radical (unpaired) electrons. The van der Waals surface area contributed by atoms with Crippen LogP contribution >= 0.6 is 0 Å². The number of piperidine rings is 1. The van der Waals surface area contributed by atoms with Crippen LogP contribution in [-0.4, -0.2) is 45.8 Å². The van der Waals surface area contributed by atoms with Crippen molar-refractivity contribution in [3.05, 3.63) is 24.3 Å². The molecule has 0 unspecified atom stereocenters. The van der Waals surface area contributed by atoms with Gasteiger partial charge in [0.2, 0.25) is 5.91 Å². The number of nitrogens with zero attached hydrogens (tertiary/aromatic N) is 3. The molecule has 1 aliphatic heterocycles. The summed E-state index contributed by atoms with van der Waals surface area (Å²) in [4.78, 5) is 34.0. The van der Waals surface area contributed by atoms with Crippen LogP contribution in [0.3, 0.4) is 0 Å². The van der Waals surface area contributed by atoms with E-state index in [0.717, 1.165) is 12.8 Å². The third-order valence-corrected chi connectivity index (χ3v) is 3.66. The first-order valence-corrected chi connectivity index (χ1v) is 7.70. The summed E-state index contributed by atoms with van der Waals surface area (Å²) in [5.74, 6) is -0.00114. The summed E-state index contributed by atoms with van der Waals surface area (Å²) in [5.41, 5.74) is 0.336. The maximum Gasteiger partial charge on any atom is 0.271 e. The number of aromatic nitrogens is 2. The maximum absolute atomic E-state index is 12.2. The molecular formula is C16H24N4O2. The Labute approximate surface area is 131 Å². The molecule has 0 aliphatic carbocycles. The highest BCUT2D eigenvalue weighted by Gasteiger charge is 2.26. The topological polar surface area (TPSA) is 75.2 Å². The van der Waals surface area contributed by atoms with Gasteiger partial charge in [-0.3, -0.25) is 14.6 Å². The van der Waals surface area contributed by atoms with E-state index in [4.69, 9.17) is 0 Å². The predicted octanol–water partition coefficient (Wildman–Crippen LogP) is 1.63. The van der Waals surface area contributed by atoms with Gasteiger partial charge in [0.25, 0.3) is 5.91 Å². The van der Waals surface area contributed by atoms with E-state index in [0.29, 0.717) is 25.2 Å². The molecule has 0 atom stereocenters. The molecule has 6 nitrogen and oxygen atoms in total. The Morgan fingerprint density at radius 1 is 1.27 bits per heavy atom. The minimum absolute atomic E-state index is 0.00806. The first kappa shape index (κ1) is 16.4. The standard InChI is InChI=1S/C16H24N4O2/c1-16(2,3)10-14(21)20-8-4-12(5-9-20)19-15(22)13-11-17-6-7-18-13/h6-7,11-12H,4-5,8-10H2,1-3H3,(H,19,22). The van der Waals surface area contributed by atoms with Gasteiger partial charge in [0, 0.05) is 37.9 Å². The summed E-state index contributed by atoms with van der Waals surface area (Å²) in [5, 5.41) is 2.96. The molecule has 1 aromatic rings. The number of rotatable bonds is 3. The minimum atomic E-state index is -0.201. The zero-order chi connectivity index (χ0) is 16.2. The zero-order valence-corrected chi connectivity index (χ0v) is 13.5. The van der Waals surface area contributed by atoms with E-state index < -0.39 is 0 Å². The first-order valence-electron chi connectivity index (χ1n) is 7.70. The average molecular weight is 304 g/mol. The van der Waals surface area contributed by atoms with Crippen LogP contribution in [0.15, 0.2) is 18.6 Å². The van der Waals surface area contributed by atoms with Crippen LogP contribution in [0.4, 0.5) is 0 Å². The number of amides is 2. The van der Waals surface area contributed by atoms with E-state index in [1.54, 1.807) is 0 Å². The van der Waals surface area contributed by atoms with Crippen molar-refractivity contribution < 1.29 is 9.59 Å². The van der Waals surface area contributed by atoms with Gasteiger partial charge in [-0.2, -0.15) is 0 Å². The van der Waals surface area contributed by atoms with Gasteiger partial charge in [-0.25, -0.2) is 4.98 Å². The lowest BCUT2D eigenvalue weighted by molar-refractivity contribution is -0.134. The number of carbonyl (C=O) groups is 2. The molecule has 1 aromatic heterocycles. The highest BCUT2D eigenvalue weighted by atomic mass is 16.2. The number of hydrogen-bond donors (Lipinski definition) is 1. The van der Waals surface area contributed by atoms with Crippen LogP contribution in [0.25, 0.3) is 0 Å². The molecular weight excluding hydrogens is 280 g/mol. The van der Waals surface area contributed by atoms with E-state index in [9.17, 15) is 9.59 Å². The zero-order valence-electron chi connectivity index (χ0n) is 13.5. The van der Waals surface area contributed by atoms with Crippen LogP contribution in [0.5, 0.6) is 0 Å². The van der Waals surface area contributed by atoms with Gasteiger partial charge < -0.3 is 10.2 Å². The average Bonchev–Trinajstić information content (AvgIpc) is 2.47. The molecule has 0 spiro atoms. The van der Waals surface area contributed by atoms with Crippen molar-refractivity contribution >= 4 is 11.8 Å². The van der Waals surface area contributed by atoms with Gasteiger partial charge >= 0.3 is 0 Å². The van der Waals surface area contributed by atoms with Crippen LogP contribution in [0.1, 0.15) is 50.5 Å². The second-order valence-corrected chi connectivity index (χ2v) is 6.96. The molecule has 120 valence electrons. The molecule has 0 bridgehead atoms. The van der Waals surface area contributed by atoms with Gasteiger partial charge in [-0.15, -0.1) is 0 Å². The second-order valence-electron chi connectivity index (χ2n) is 6.96. The summed E-state index contributed by atoms with van der Waals surface area (Å²) in [6.07, 6.45) is 6.61. The summed E-state index contributed by atoms with van der Waals surface area (Å²) in [6, 6.07) is 0.0909. The lowest BCUT2D eigenvalue weighted by atomic mass is 9.91. The molecule has 1 saturated heterocycles. The fourth-order valence-electron chi connectivity index (χ4n) is 2.51. The number of likely N-dealkylation sites (tertiary alicyclic amines) is 1. The Balaban J connectivity index is 1.80. The Morgan fingerprint density at radius 2 is 1.95 bits per heavy atom. The smallest absolute Gasteiger partial charge is 0.271 e. The molecule has 2 heterocycles. The van der Waals surface area contributed by atoms with Crippen molar-refractivity contribution in [3.8, 4) is 0 Å². The number of nitrogens with one attached hydrogen (secondary N) is 1. The van der Waals surface area contributed by atoms with Crippen molar-refractivity contribution in [1.29, 1.82) is 0 Å². The molecule has 2 amide bonds. The Kier molecular flexibility index (Phi) is 5.11. The fourth-order valence-corrected chi connectivity index (χ4v) is 2.51. The predicted molar refractivity (Wildman–Crippen MR) is 83.2 cm³/mol. The van der Waals surface area contributed by atoms with Crippen molar-refractivity contribution in [2.75, 3.05) is 13.1 Å². The third kappa shape index (κ3) is 4.79. The Hall–Kier alpha value is -1.98. The summed E-state index contributed by atoms with van der Waals surface area (Å²) in [6.45, 7) is 7.59. The molecule has 0 saturated carbocycles. The summed E-state index contributed by atoms with van der Waals surface area (Å²) < 4.78 is 0. The summed E-state index contributed by atoms with van der Waals surface area (Å²) >= 11 is 0. The van der Waals surface area contributed by atoms with E-state index >= 15 is 0 Å². The van der Waals surface area contributed by atoms with Crippen molar-refractivity contribution in [2.24, 2.45) is 5.41 Å². The van der Waals surface area contributed by atoms with Crippen LogP contribution < -0.4 is 5.32 Å². The Morgan fingerprint density at radius 3 is 2.50 bits per heavy atom. The lowest BCUT2D eigenvalue weighted by Crippen LogP contribution is -2.47. The second kappa shape index (κ2) is 6.85. The summed E-state index contributed by atoms with van der Waals surface area (Å²) in [7, 11) is 0. The largest absolute Gasteiger partial charge is 0.348 e. The van der Waals surface area contributed by atoms with Crippen LogP contribution in [-0.2, 0) is 4.79 Å². The highest BCUT2D eigenvalue weighted by Crippen LogP contribution is 2.21. The van der Waals surface area contributed by atoms with Crippen LogP contribution in [0.2, 0.25) is 0 Å². The van der Waals surface area contributed by atoms with E-state index in [-0.39, 0.29) is 23.3 Å². The minimum Gasteiger partial charge on any atom is -0.348 e. The van der Waals surface area contributed by atoms with Gasteiger partial charge in [0.15, 0.2) is 0 Å². The van der Waals surface area contributed by atoms with E-state index in [1.807, 2.05) is 4.90 Å². The lowest BCUT2D eigenvalue weighted by Gasteiger charge is -2.34. The number of carbonyl (C=O) groups excluding carboxylic acids is 2. The van der Waals surface area contributed by atoms with Gasteiger partial charge in [-0.05, 0) is 18.3 Å². The highest BCUT2D eigenvalue weighted by molar-refractivity contribution is 5.92. The normalized spacial score (nSPS) is 16.4. The van der Waals surface area contributed by atoms with Crippen molar-refractivity contribution in [3.63, 3.8) is 0 Å². The molecule has 1 fully saturated rings. The van der Waals surface area contributed by atoms with E-state index in [2.05, 4.69) is 36.1 Å². The SMILES string of the molecule is CC(C)(C)CC(=O)N1CCC(NC(=O)c2cnccn2)CC1. The molecule has 1 N–H and O–H groups in total.